The van der Waals surface area contributed by atoms with E-state index in [-0.39, 0.29) is 11.9 Å². The Labute approximate surface area is 165 Å². The van der Waals surface area contributed by atoms with Crippen molar-refractivity contribution in [3.8, 4) is 5.75 Å². The highest BCUT2D eigenvalue weighted by molar-refractivity contribution is 5.74. The molecule has 3 rings (SSSR count). The highest BCUT2D eigenvalue weighted by Crippen LogP contribution is 2.28. The van der Waals surface area contributed by atoms with Crippen molar-refractivity contribution in [3.63, 3.8) is 0 Å². The third-order valence-corrected chi connectivity index (χ3v) is 4.69. The Balaban J connectivity index is 1.45. The zero-order valence-corrected chi connectivity index (χ0v) is 16.9. The molecule has 152 valence electrons. The molecular weight excluding hydrogens is 358 g/mol. The Bertz CT molecular complexity index is 769. The fourth-order valence-electron chi connectivity index (χ4n) is 3.14. The minimum atomic E-state index is -0.0543. The number of carbonyl (C=O) groups is 1. The van der Waals surface area contributed by atoms with Gasteiger partial charge in [-0.1, -0.05) is 31.1 Å². The van der Waals surface area contributed by atoms with Crippen LogP contribution in [-0.2, 0) is 6.42 Å². The van der Waals surface area contributed by atoms with E-state index in [1.165, 1.54) is 0 Å². The summed E-state index contributed by atoms with van der Waals surface area (Å²) in [6, 6.07) is 7.99. The smallest absolute Gasteiger partial charge is 0.317 e. The zero-order valence-electron chi connectivity index (χ0n) is 16.9. The number of rotatable bonds is 7. The Morgan fingerprint density at radius 1 is 1.25 bits per heavy atom. The van der Waals surface area contributed by atoms with Gasteiger partial charge < -0.3 is 24.4 Å². The summed E-state index contributed by atoms with van der Waals surface area (Å²) in [6.07, 6.45) is 0.535. The van der Waals surface area contributed by atoms with Crippen LogP contribution >= 0.6 is 0 Å². The van der Waals surface area contributed by atoms with E-state index < -0.39 is 0 Å². The van der Waals surface area contributed by atoms with E-state index in [1.54, 1.807) is 0 Å². The van der Waals surface area contributed by atoms with Crippen LogP contribution in [0.5, 0.6) is 5.75 Å². The molecule has 2 aromatic rings. The standard InChI is InChI=1S/C20H29N5O3/c1-4-27-17-8-6-5-7-16(17)24-11-13-25(14-12-24)20(26)21-10-9-18-22-19(15(2)3)23-28-18/h5-8,15H,4,9-14H2,1-3H3,(H,21,26). The molecule has 1 aliphatic heterocycles. The van der Waals surface area contributed by atoms with Gasteiger partial charge in [0.05, 0.1) is 12.3 Å². The Morgan fingerprint density at radius 2 is 2.00 bits per heavy atom. The maximum absolute atomic E-state index is 12.4. The number of urea groups is 1. The van der Waals surface area contributed by atoms with Crippen molar-refractivity contribution in [1.82, 2.24) is 20.4 Å². The van der Waals surface area contributed by atoms with Gasteiger partial charge in [0.25, 0.3) is 0 Å². The Hall–Kier alpha value is -2.77. The van der Waals surface area contributed by atoms with Gasteiger partial charge in [-0.25, -0.2) is 4.79 Å². The van der Waals surface area contributed by atoms with Gasteiger partial charge in [-0.05, 0) is 19.1 Å². The minimum Gasteiger partial charge on any atom is -0.492 e. The van der Waals surface area contributed by atoms with Crippen LogP contribution in [0.4, 0.5) is 10.5 Å². The molecular formula is C20H29N5O3. The van der Waals surface area contributed by atoms with Gasteiger partial charge in [0.15, 0.2) is 5.82 Å². The van der Waals surface area contributed by atoms with Crippen LogP contribution in [0, 0.1) is 0 Å². The first-order valence-corrected chi connectivity index (χ1v) is 9.90. The quantitative estimate of drug-likeness (QED) is 0.786. The molecule has 2 heterocycles. The normalized spacial score (nSPS) is 14.4. The number of hydrogen-bond acceptors (Lipinski definition) is 6. The first-order valence-electron chi connectivity index (χ1n) is 9.90. The maximum Gasteiger partial charge on any atom is 0.317 e. The number of nitrogens with one attached hydrogen (secondary N) is 1. The molecule has 1 aromatic carbocycles. The molecule has 8 heteroatoms. The second-order valence-electron chi connectivity index (χ2n) is 7.06. The molecule has 1 saturated heterocycles. The van der Waals surface area contributed by atoms with Crippen LogP contribution in [0.2, 0.25) is 0 Å². The van der Waals surface area contributed by atoms with Crippen LogP contribution in [0.25, 0.3) is 0 Å². The molecule has 0 spiro atoms. The van der Waals surface area contributed by atoms with E-state index in [9.17, 15) is 4.79 Å². The summed E-state index contributed by atoms with van der Waals surface area (Å²) in [4.78, 5) is 20.8. The molecule has 0 radical (unpaired) electrons. The summed E-state index contributed by atoms with van der Waals surface area (Å²) in [7, 11) is 0. The molecule has 1 aromatic heterocycles. The highest BCUT2D eigenvalue weighted by atomic mass is 16.5. The van der Waals surface area contributed by atoms with Crippen LogP contribution < -0.4 is 15.0 Å². The van der Waals surface area contributed by atoms with Crippen LogP contribution in [0.3, 0.4) is 0 Å². The number of aromatic nitrogens is 2. The maximum atomic E-state index is 12.4. The molecule has 0 aliphatic carbocycles. The average Bonchev–Trinajstić information content (AvgIpc) is 3.18. The van der Waals surface area contributed by atoms with Crippen molar-refractivity contribution < 1.29 is 14.1 Å². The van der Waals surface area contributed by atoms with Gasteiger partial charge in [-0.15, -0.1) is 0 Å². The van der Waals surface area contributed by atoms with Crippen molar-refractivity contribution >= 4 is 11.7 Å². The summed E-state index contributed by atoms with van der Waals surface area (Å²) in [5.41, 5.74) is 1.08. The number of piperazine rings is 1. The second-order valence-corrected chi connectivity index (χ2v) is 7.06. The molecule has 28 heavy (non-hydrogen) atoms. The number of anilines is 1. The molecule has 0 unspecified atom stereocenters. The number of nitrogens with zero attached hydrogens (tertiary/aromatic N) is 4. The third kappa shape index (κ3) is 4.94. The molecule has 0 saturated carbocycles. The minimum absolute atomic E-state index is 0.0543. The molecule has 0 bridgehead atoms. The zero-order chi connectivity index (χ0) is 19.9. The summed E-state index contributed by atoms with van der Waals surface area (Å²) >= 11 is 0. The predicted molar refractivity (Wildman–Crippen MR) is 107 cm³/mol. The first-order chi connectivity index (χ1) is 13.6. The Kier molecular flexibility index (Phi) is 6.73. The third-order valence-electron chi connectivity index (χ3n) is 4.69. The van der Waals surface area contributed by atoms with E-state index in [1.807, 2.05) is 43.9 Å². The van der Waals surface area contributed by atoms with E-state index in [4.69, 9.17) is 9.26 Å². The summed E-state index contributed by atoms with van der Waals surface area (Å²) in [5.74, 6) is 2.38. The molecule has 8 nitrogen and oxygen atoms in total. The van der Waals surface area contributed by atoms with Crippen molar-refractivity contribution in [2.75, 3.05) is 44.2 Å². The average molecular weight is 387 g/mol. The fraction of sp³-hybridized carbons (Fsp3) is 0.550. The highest BCUT2D eigenvalue weighted by Gasteiger charge is 2.22. The molecule has 2 amide bonds. The van der Waals surface area contributed by atoms with Gasteiger partial charge >= 0.3 is 6.03 Å². The largest absolute Gasteiger partial charge is 0.492 e. The number of ether oxygens (including phenoxy) is 1. The molecule has 1 N–H and O–H groups in total. The van der Waals surface area contributed by atoms with Gasteiger partial charge in [-0.2, -0.15) is 4.98 Å². The topological polar surface area (TPSA) is 83.7 Å². The number of para-hydroxylation sites is 2. The molecule has 0 atom stereocenters. The van der Waals surface area contributed by atoms with Crippen molar-refractivity contribution in [2.45, 2.75) is 33.1 Å². The van der Waals surface area contributed by atoms with Gasteiger partial charge in [0, 0.05) is 45.1 Å². The fourth-order valence-corrected chi connectivity index (χ4v) is 3.14. The van der Waals surface area contributed by atoms with E-state index >= 15 is 0 Å². The van der Waals surface area contributed by atoms with Gasteiger partial charge in [0.2, 0.25) is 5.89 Å². The second kappa shape index (κ2) is 9.43. The van der Waals surface area contributed by atoms with Crippen molar-refractivity contribution in [2.24, 2.45) is 0 Å². The number of hydrogen-bond donors (Lipinski definition) is 1. The first kappa shape index (κ1) is 20.0. The molecule has 1 aliphatic rings. The summed E-state index contributed by atoms with van der Waals surface area (Å²) < 4.78 is 10.9. The summed E-state index contributed by atoms with van der Waals surface area (Å²) in [6.45, 7) is 10.0. The van der Waals surface area contributed by atoms with Crippen LogP contribution in [0.15, 0.2) is 28.8 Å². The van der Waals surface area contributed by atoms with Crippen LogP contribution in [0.1, 0.15) is 38.4 Å². The lowest BCUT2D eigenvalue weighted by atomic mass is 10.2. The molecule has 1 fully saturated rings. The van der Waals surface area contributed by atoms with Gasteiger partial charge in [-0.3, -0.25) is 0 Å². The Morgan fingerprint density at radius 3 is 2.68 bits per heavy atom. The van der Waals surface area contributed by atoms with Crippen molar-refractivity contribution in [3.05, 3.63) is 36.0 Å². The van der Waals surface area contributed by atoms with Crippen molar-refractivity contribution in [1.29, 1.82) is 0 Å². The van der Waals surface area contributed by atoms with E-state index in [0.717, 1.165) is 24.5 Å². The lowest BCUT2D eigenvalue weighted by Gasteiger charge is -2.36. The number of benzene rings is 1. The number of amides is 2. The monoisotopic (exact) mass is 387 g/mol. The van der Waals surface area contributed by atoms with Gasteiger partial charge in [0.1, 0.15) is 5.75 Å². The lowest BCUT2D eigenvalue weighted by Crippen LogP contribution is -2.52. The van der Waals surface area contributed by atoms with Crippen LogP contribution in [-0.4, -0.2) is 60.4 Å². The summed E-state index contributed by atoms with van der Waals surface area (Å²) in [5, 5.41) is 6.88. The lowest BCUT2D eigenvalue weighted by molar-refractivity contribution is 0.194. The number of carbonyl (C=O) groups excluding carboxylic acids is 1. The predicted octanol–water partition coefficient (Wildman–Crippen LogP) is 2.67. The van der Waals surface area contributed by atoms with E-state index in [2.05, 4.69) is 26.4 Å². The van der Waals surface area contributed by atoms with E-state index in [0.29, 0.717) is 44.4 Å². The SMILES string of the molecule is CCOc1ccccc1N1CCN(C(=O)NCCc2nc(C(C)C)no2)CC1.